The van der Waals surface area contributed by atoms with Gasteiger partial charge in [-0.25, -0.2) is 0 Å². The highest BCUT2D eigenvalue weighted by atomic mass is 35.5. The summed E-state index contributed by atoms with van der Waals surface area (Å²) >= 11 is 0. The minimum absolute atomic E-state index is 0. The van der Waals surface area contributed by atoms with Gasteiger partial charge in [-0.1, -0.05) is 45.1 Å². The molecule has 0 aromatic heterocycles. The van der Waals surface area contributed by atoms with E-state index in [2.05, 4.69) is 44.3 Å². The molecule has 0 saturated heterocycles. The second kappa shape index (κ2) is 9.98. The summed E-state index contributed by atoms with van der Waals surface area (Å²) in [5.74, 6) is 1.51. The van der Waals surface area contributed by atoms with Crippen LogP contribution in [0.15, 0.2) is 36.4 Å². The summed E-state index contributed by atoms with van der Waals surface area (Å²) in [6.07, 6.45) is 4.13. The highest BCUT2D eigenvalue weighted by Crippen LogP contribution is 2.18. The van der Waals surface area contributed by atoms with Gasteiger partial charge < -0.3 is 10.1 Å². The van der Waals surface area contributed by atoms with Crippen LogP contribution in [0.3, 0.4) is 0 Å². The summed E-state index contributed by atoms with van der Waals surface area (Å²) in [7, 11) is 0. The topological polar surface area (TPSA) is 21.3 Å². The van der Waals surface area contributed by atoms with E-state index in [9.17, 15) is 0 Å². The highest BCUT2D eigenvalue weighted by Gasteiger charge is 1.98. The van der Waals surface area contributed by atoms with E-state index < -0.39 is 0 Å². The van der Waals surface area contributed by atoms with Gasteiger partial charge in [0.15, 0.2) is 0 Å². The molecule has 0 saturated carbocycles. The van der Waals surface area contributed by atoms with Crippen LogP contribution in [-0.4, -0.2) is 19.7 Å². The zero-order valence-corrected chi connectivity index (χ0v) is 12.3. The van der Waals surface area contributed by atoms with Crippen LogP contribution >= 0.6 is 12.4 Å². The molecular weight excluding hydrogens is 246 g/mol. The highest BCUT2D eigenvalue weighted by molar-refractivity contribution is 5.85. The second-order valence-electron chi connectivity index (χ2n) is 4.31. The monoisotopic (exact) mass is 269 g/mol. The van der Waals surface area contributed by atoms with Crippen molar-refractivity contribution in [3.63, 3.8) is 0 Å². The Bertz CT molecular complexity index is 333. The normalized spacial score (nSPS) is 10.7. The first-order valence-corrected chi connectivity index (χ1v) is 6.32. The molecular formula is C15H24ClNO. The van der Waals surface area contributed by atoms with Crippen molar-refractivity contribution in [3.05, 3.63) is 42.0 Å². The minimum atomic E-state index is 0. The molecule has 0 spiro atoms. The summed E-state index contributed by atoms with van der Waals surface area (Å²) in [5.41, 5.74) is 1.35. The van der Waals surface area contributed by atoms with Crippen molar-refractivity contribution in [3.8, 4) is 5.75 Å². The molecule has 0 aliphatic heterocycles. The van der Waals surface area contributed by atoms with Gasteiger partial charge in [0.2, 0.25) is 0 Å². The third-order valence-electron chi connectivity index (χ3n) is 2.57. The third kappa shape index (κ3) is 6.67. The standard InChI is InChI=1S/C15H23NO.ClH/c1-4-16-11-5-6-12-17-15-9-7-14(8-10-15)13(2)3;/h5-10,13,16H,4,11-12H2,1-3H3;1H/b6-5+;. The molecule has 0 fully saturated rings. The Morgan fingerprint density at radius 1 is 1.17 bits per heavy atom. The lowest BCUT2D eigenvalue weighted by molar-refractivity contribution is 0.362. The number of benzene rings is 1. The van der Waals surface area contributed by atoms with Gasteiger partial charge in [0.1, 0.15) is 12.4 Å². The van der Waals surface area contributed by atoms with E-state index in [1.54, 1.807) is 0 Å². The summed E-state index contributed by atoms with van der Waals surface area (Å²) in [6.45, 7) is 9.03. The van der Waals surface area contributed by atoms with Gasteiger partial charge >= 0.3 is 0 Å². The van der Waals surface area contributed by atoms with Crippen LogP contribution in [-0.2, 0) is 0 Å². The van der Waals surface area contributed by atoms with Gasteiger partial charge in [-0.05, 0) is 30.2 Å². The molecule has 1 aromatic carbocycles. The van der Waals surface area contributed by atoms with E-state index in [-0.39, 0.29) is 12.4 Å². The van der Waals surface area contributed by atoms with Crippen LogP contribution < -0.4 is 10.1 Å². The quantitative estimate of drug-likeness (QED) is 0.601. The summed E-state index contributed by atoms with van der Waals surface area (Å²) < 4.78 is 5.61. The number of nitrogens with one attached hydrogen (secondary N) is 1. The molecule has 0 bridgehead atoms. The lowest BCUT2D eigenvalue weighted by Gasteiger charge is -2.07. The maximum Gasteiger partial charge on any atom is 0.119 e. The smallest absolute Gasteiger partial charge is 0.119 e. The molecule has 0 atom stereocenters. The molecule has 18 heavy (non-hydrogen) atoms. The predicted octanol–water partition coefficient (Wildman–Crippen LogP) is 3.78. The molecule has 1 N–H and O–H groups in total. The van der Waals surface area contributed by atoms with Gasteiger partial charge in [-0.2, -0.15) is 0 Å². The second-order valence-corrected chi connectivity index (χ2v) is 4.31. The molecule has 0 amide bonds. The van der Waals surface area contributed by atoms with Crippen molar-refractivity contribution in [2.75, 3.05) is 19.7 Å². The van der Waals surface area contributed by atoms with Crippen molar-refractivity contribution < 1.29 is 4.74 Å². The predicted molar refractivity (Wildman–Crippen MR) is 81.0 cm³/mol. The molecule has 0 aliphatic carbocycles. The van der Waals surface area contributed by atoms with Gasteiger partial charge in [0.25, 0.3) is 0 Å². The average molecular weight is 270 g/mol. The van der Waals surface area contributed by atoms with E-state index in [1.165, 1.54) is 5.56 Å². The maximum atomic E-state index is 5.61. The van der Waals surface area contributed by atoms with Crippen molar-refractivity contribution >= 4 is 12.4 Å². The van der Waals surface area contributed by atoms with Gasteiger partial charge in [-0.3, -0.25) is 0 Å². The maximum absolute atomic E-state index is 5.61. The Hall–Kier alpha value is -0.990. The summed E-state index contributed by atoms with van der Waals surface area (Å²) in [6, 6.07) is 8.33. The Labute approximate surface area is 117 Å². The lowest BCUT2D eigenvalue weighted by Crippen LogP contribution is -2.11. The van der Waals surface area contributed by atoms with Crippen LogP contribution in [0.1, 0.15) is 32.3 Å². The molecule has 3 heteroatoms. The van der Waals surface area contributed by atoms with Gasteiger partial charge in [0, 0.05) is 6.54 Å². The number of rotatable bonds is 7. The van der Waals surface area contributed by atoms with E-state index >= 15 is 0 Å². The summed E-state index contributed by atoms with van der Waals surface area (Å²) in [5, 5.41) is 3.22. The molecule has 0 heterocycles. The van der Waals surface area contributed by atoms with Crippen LogP contribution in [0.2, 0.25) is 0 Å². The fraction of sp³-hybridized carbons (Fsp3) is 0.467. The lowest BCUT2D eigenvalue weighted by atomic mass is 10.0. The van der Waals surface area contributed by atoms with Gasteiger partial charge in [0.05, 0.1) is 0 Å². The Morgan fingerprint density at radius 2 is 1.83 bits per heavy atom. The van der Waals surface area contributed by atoms with Crippen LogP contribution in [0.5, 0.6) is 5.75 Å². The van der Waals surface area contributed by atoms with Crippen molar-refractivity contribution in [1.82, 2.24) is 5.32 Å². The molecule has 0 aliphatic rings. The third-order valence-corrected chi connectivity index (χ3v) is 2.57. The SMILES string of the molecule is CCNC/C=C/COc1ccc(C(C)C)cc1.Cl. The Balaban J connectivity index is 0.00000289. The molecule has 102 valence electrons. The molecule has 2 nitrogen and oxygen atoms in total. The first-order chi connectivity index (χ1) is 8.24. The number of hydrogen-bond donors (Lipinski definition) is 1. The number of ether oxygens (including phenoxy) is 1. The van der Waals surface area contributed by atoms with Gasteiger partial charge in [-0.15, -0.1) is 12.4 Å². The zero-order chi connectivity index (χ0) is 12.5. The minimum Gasteiger partial charge on any atom is -0.490 e. The van der Waals surface area contributed by atoms with E-state index in [1.807, 2.05) is 18.2 Å². The van der Waals surface area contributed by atoms with Crippen molar-refractivity contribution in [1.29, 1.82) is 0 Å². The van der Waals surface area contributed by atoms with E-state index in [0.29, 0.717) is 12.5 Å². The van der Waals surface area contributed by atoms with E-state index in [0.717, 1.165) is 18.8 Å². The largest absolute Gasteiger partial charge is 0.490 e. The fourth-order valence-corrected chi connectivity index (χ4v) is 1.47. The number of halogens is 1. The van der Waals surface area contributed by atoms with Crippen LogP contribution in [0.4, 0.5) is 0 Å². The van der Waals surface area contributed by atoms with Crippen LogP contribution in [0, 0.1) is 0 Å². The zero-order valence-electron chi connectivity index (χ0n) is 11.5. The first kappa shape index (κ1) is 17.0. The molecule has 1 rings (SSSR count). The molecule has 0 radical (unpaired) electrons. The molecule has 1 aromatic rings. The first-order valence-electron chi connectivity index (χ1n) is 6.32. The van der Waals surface area contributed by atoms with E-state index in [4.69, 9.17) is 4.74 Å². The average Bonchev–Trinajstić information content (AvgIpc) is 2.34. The fourth-order valence-electron chi connectivity index (χ4n) is 1.47. The van der Waals surface area contributed by atoms with Crippen molar-refractivity contribution in [2.24, 2.45) is 0 Å². The number of likely N-dealkylation sites (N-methyl/N-ethyl adjacent to an activating group) is 1. The molecule has 0 unspecified atom stereocenters. The Kier molecular flexibility index (Phi) is 9.43. The van der Waals surface area contributed by atoms with Crippen molar-refractivity contribution in [2.45, 2.75) is 26.7 Å². The van der Waals surface area contributed by atoms with Crippen LogP contribution in [0.25, 0.3) is 0 Å². The number of hydrogen-bond acceptors (Lipinski definition) is 2. The summed E-state index contributed by atoms with van der Waals surface area (Å²) in [4.78, 5) is 0. The Morgan fingerprint density at radius 3 is 2.39 bits per heavy atom.